The molecule has 1 aromatic heterocycles. The molecule has 0 radical (unpaired) electrons. The Hall–Kier alpha value is -3.45. The predicted molar refractivity (Wildman–Crippen MR) is 135 cm³/mol. The summed E-state index contributed by atoms with van der Waals surface area (Å²) >= 11 is 6.40. The standard InChI is InChI=1S/C26H25ClN6O/c1-17-4-8-21(9-5-17)33-24(34)26(18(2)30-33)15-19-6-7-20(27)14-22(19)32-13-12-31(16-23(26)32)25-28-10-3-11-29-25/h3-11,14,23H,12-13,15-16H2,1-2H3/t23-,26-/m1/s1. The Morgan fingerprint density at radius 3 is 2.56 bits per heavy atom. The molecule has 2 aromatic carbocycles. The van der Waals surface area contributed by atoms with Crippen LogP contribution in [-0.4, -0.2) is 47.3 Å². The van der Waals surface area contributed by atoms with Gasteiger partial charge < -0.3 is 9.80 Å². The lowest BCUT2D eigenvalue weighted by Gasteiger charge is -2.53. The van der Waals surface area contributed by atoms with Crippen LogP contribution in [0.15, 0.2) is 66.0 Å². The van der Waals surface area contributed by atoms with Gasteiger partial charge in [0.25, 0.3) is 5.91 Å². The summed E-state index contributed by atoms with van der Waals surface area (Å²) in [6.07, 6.45) is 4.10. The van der Waals surface area contributed by atoms with Gasteiger partial charge in [-0.25, -0.2) is 9.97 Å². The van der Waals surface area contributed by atoms with Crippen molar-refractivity contribution in [3.63, 3.8) is 0 Å². The first-order chi connectivity index (χ1) is 16.5. The minimum absolute atomic E-state index is 0.0142. The Balaban J connectivity index is 1.46. The molecule has 4 heterocycles. The first-order valence-corrected chi connectivity index (χ1v) is 11.9. The van der Waals surface area contributed by atoms with Gasteiger partial charge in [-0.05, 0) is 56.2 Å². The van der Waals surface area contributed by atoms with Gasteiger partial charge in [-0.1, -0.05) is 35.4 Å². The molecule has 172 valence electrons. The van der Waals surface area contributed by atoms with Gasteiger partial charge in [0, 0.05) is 42.7 Å². The summed E-state index contributed by atoms with van der Waals surface area (Å²) in [6, 6.07) is 15.6. The Morgan fingerprint density at radius 2 is 1.79 bits per heavy atom. The fourth-order valence-electron chi connectivity index (χ4n) is 5.58. The van der Waals surface area contributed by atoms with E-state index in [0.717, 1.165) is 41.3 Å². The summed E-state index contributed by atoms with van der Waals surface area (Å²) in [7, 11) is 0. The van der Waals surface area contributed by atoms with Gasteiger partial charge >= 0.3 is 0 Å². The Morgan fingerprint density at radius 1 is 1.03 bits per heavy atom. The van der Waals surface area contributed by atoms with Gasteiger partial charge in [0.1, 0.15) is 5.41 Å². The highest BCUT2D eigenvalue weighted by Crippen LogP contribution is 2.48. The lowest BCUT2D eigenvalue weighted by Crippen LogP contribution is -2.67. The van der Waals surface area contributed by atoms with Gasteiger partial charge in [0.05, 0.1) is 17.4 Å². The molecule has 3 aromatic rings. The van der Waals surface area contributed by atoms with E-state index in [-0.39, 0.29) is 11.9 Å². The van der Waals surface area contributed by atoms with Crippen molar-refractivity contribution in [3.8, 4) is 0 Å². The predicted octanol–water partition coefficient (Wildman–Crippen LogP) is 4.10. The van der Waals surface area contributed by atoms with E-state index in [9.17, 15) is 4.79 Å². The lowest BCUT2D eigenvalue weighted by molar-refractivity contribution is -0.125. The number of fused-ring (bicyclic) bond motifs is 4. The zero-order chi connectivity index (χ0) is 23.4. The van der Waals surface area contributed by atoms with E-state index in [0.29, 0.717) is 23.9 Å². The monoisotopic (exact) mass is 472 g/mol. The molecule has 0 bridgehead atoms. The Labute approximate surface area is 203 Å². The smallest absolute Gasteiger partial charge is 0.261 e. The van der Waals surface area contributed by atoms with Crippen LogP contribution in [0.25, 0.3) is 0 Å². The normalized spacial score (nSPS) is 23.7. The molecular weight excluding hydrogens is 448 g/mol. The Bertz CT molecular complexity index is 1290. The number of halogens is 1. The summed E-state index contributed by atoms with van der Waals surface area (Å²) in [5.74, 6) is 0.699. The molecule has 0 N–H and O–H groups in total. The van der Waals surface area contributed by atoms with E-state index >= 15 is 0 Å². The highest BCUT2D eigenvalue weighted by Gasteiger charge is 2.60. The number of anilines is 3. The molecular formula is C26H25ClN6O. The molecule has 0 unspecified atom stereocenters. The van der Waals surface area contributed by atoms with Crippen LogP contribution in [0.2, 0.25) is 5.02 Å². The number of carbonyl (C=O) groups is 1. The molecule has 1 spiro atoms. The van der Waals surface area contributed by atoms with E-state index < -0.39 is 5.41 Å². The summed E-state index contributed by atoms with van der Waals surface area (Å²) < 4.78 is 0. The summed E-state index contributed by atoms with van der Waals surface area (Å²) in [6.45, 7) is 6.14. The third-order valence-corrected chi connectivity index (χ3v) is 7.59. The third kappa shape index (κ3) is 3.10. The van der Waals surface area contributed by atoms with Crippen molar-refractivity contribution in [2.45, 2.75) is 26.3 Å². The van der Waals surface area contributed by atoms with Gasteiger partial charge in [-0.15, -0.1) is 0 Å². The number of nitrogens with zero attached hydrogens (tertiary/aromatic N) is 6. The molecule has 3 aliphatic heterocycles. The van der Waals surface area contributed by atoms with E-state index in [1.165, 1.54) is 0 Å². The maximum atomic E-state index is 14.3. The van der Waals surface area contributed by atoms with Crippen LogP contribution in [0.3, 0.4) is 0 Å². The minimum atomic E-state index is -0.779. The van der Waals surface area contributed by atoms with Gasteiger partial charge in [0.2, 0.25) is 5.95 Å². The topological polar surface area (TPSA) is 64.9 Å². The number of hydrogen-bond acceptors (Lipinski definition) is 6. The first kappa shape index (κ1) is 21.1. The average molecular weight is 473 g/mol. The highest BCUT2D eigenvalue weighted by molar-refractivity contribution is 6.31. The molecule has 1 amide bonds. The molecule has 2 atom stereocenters. The number of carbonyl (C=O) groups excluding carboxylic acids is 1. The van der Waals surface area contributed by atoms with Crippen LogP contribution < -0.4 is 14.8 Å². The number of benzene rings is 2. The second-order valence-electron chi connectivity index (χ2n) is 9.26. The summed E-state index contributed by atoms with van der Waals surface area (Å²) in [4.78, 5) is 27.7. The van der Waals surface area contributed by atoms with Crippen molar-refractivity contribution in [3.05, 3.63) is 77.1 Å². The third-order valence-electron chi connectivity index (χ3n) is 7.36. The largest absolute Gasteiger partial charge is 0.363 e. The van der Waals surface area contributed by atoms with Crippen molar-refractivity contribution in [1.29, 1.82) is 0 Å². The zero-order valence-electron chi connectivity index (χ0n) is 19.1. The van der Waals surface area contributed by atoms with Crippen LogP contribution in [0, 0.1) is 12.3 Å². The minimum Gasteiger partial charge on any atom is -0.363 e. The van der Waals surface area contributed by atoms with Crippen molar-refractivity contribution in [1.82, 2.24) is 9.97 Å². The molecule has 1 saturated heterocycles. The number of piperazine rings is 1. The van der Waals surface area contributed by atoms with Crippen molar-refractivity contribution in [2.24, 2.45) is 10.5 Å². The summed E-state index contributed by atoms with van der Waals surface area (Å²) in [5, 5.41) is 7.11. The second-order valence-corrected chi connectivity index (χ2v) is 9.70. The van der Waals surface area contributed by atoms with E-state index in [2.05, 4.69) is 25.8 Å². The van der Waals surface area contributed by atoms with Crippen molar-refractivity contribution >= 4 is 40.5 Å². The molecule has 34 heavy (non-hydrogen) atoms. The van der Waals surface area contributed by atoms with Gasteiger partial charge in [-0.2, -0.15) is 10.1 Å². The van der Waals surface area contributed by atoms with Gasteiger partial charge in [0.15, 0.2) is 0 Å². The van der Waals surface area contributed by atoms with Crippen LogP contribution in [0.4, 0.5) is 17.3 Å². The molecule has 1 fully saturated rings. The van der Waals surface area contributed by atoms with Crippen molar-refractivity contribution < 1.29 is 4.79 Å². The second kappa shape index (κ2) is 7.81. The molecule has 0 saturated carbocycles. The lowest BCUT2D eigenvalue weighted by atomic mass is 9.67. The number of aromatic nitrogens is 2. The van der Waals surface area contributed by atoms with Crippen molar-refractivity contribution in [2.75, 3.05) is 34.4 Å². The highest BCUT2D eigenvalue weighted by atomic mass is 35.5. The molecule has 8 heteroatoms. The van der Waals surface area contributed by atoms with E-state index in [1.54, 1.807) is 17.4 Å². The number of aryl methyl sites for hydroxylation is 1. The number of hydrogen-bond donors (Lipinski definition) is 0. The van der Waals surface area contributed by atoms with Crippen LogP contribution in [0.1, 0.15) is 18.1 Å². The molecule has 3 aliphatic rings. The number of rotatable bonds is 2. The zero-order valence-corrected chi connectivity index (χ0v) is 19.9. The molecule has 7 nitrogen and oxygen atoms in total. The fraction of sp³-hybridized carbons (Fsp3) is 0.308. The van der Waals surface area contributed by atoms with E-state index in [4.69, 9.17) is 16.7 Å². The maximum absolute atomic E-state index is 14.3. The Kier molecular flexibility index (Phi) is 4.85. The average Bonchev–Trinajstić information content (AvgIpc) is 3.11. The summed E-state index contributed by atoms with van der Waals surface area (Å²) in [5.41, 5.74) is 4.22. The molecule has 6 rings (SSSR count). The number of hydrazone groups is 1. The van der Waals surface area contributed by atoms with E-state index in [1.807, 2.05) is 56.3 Å². The van der Waals surface area contributed by atoms with Gasteiger partial charge in [-0.3, -0.25) is 4.79 Å². The van der Waals surface area contributed by atoms with Crippen LogP contribution in [0.5, 0.6) is 0 Å². The van der Waals surface area contributed by atoms with Crippen LogP contribution in [-0.2, 0) is 11.2 Å². The SMILES string of the molecule is CC1=NN(c2ccc(C)cc2)C(=O)[C@]12Cc1ccc(Cl)cc1N1CCN(c3ncccn3)C[C@@H]12. The van der Waals surface area contributed by atoms with Crippen LogP contribution >= 0.6 is 11.6 Å². The number of amides is 1. The first-order valence-electron chi connectivity index (χ1n) is 11.5. The maximum Gasteiger partial charge on any atom is 0.261 e. The fourth-order valence-corrected chi connectivity index (χ4v) is 5.74. The molecule has 0 aliphatic carbocycles. The quantitative estimate of drug-likeness (QED) is 0.562.